The number of methoxy groups -OCH3 is 2. The summed E-state index contributed by atoms with van der Waals surface area (Å²) in [6, 6.07) is 4.17. The van der Waals surface area contributed by atoms with Crippen molar-refractivity contribution in [3.05, 3.63) is 46.3 Å². The van der Waals surface area contributed by atoms with Crippen LogP contribution in [0.4, 0.5) is 23.2 Å². The summed E-state index contributed by atoms with van der Waals surface area (Å²) in [5, 5.41) is 19.3. The van der Waals surface area contributed by atoms with E-state index in [1.165, 1.54) is 32.4 Å². The number of alkyl halides is 3. The number of aliphatic hydroxyl groups excluding tert-OH is 1. The molecule has 0 spiro atoms. The van der Waals surface area contributed by atoms with Gasteiger partial charge in [-0.2, -0.15) is 13.2 Å². The van der Waals surface area contributed by atoms with E-state index in [9.17, 15) is 27.9 Å². The van der Waals surface area contributed by atoms with Gasteiger partial charge in [-0.05, 0) is 43.0 Å². The van der Waals surface area contributed by atoms with E-state index in [-0.39, 0.29) is 54.5 Å². The van der Waals surface area contributed by atoms with E-state index < -0.39 is 60.0 Å². The van der Waals surface area contributed by atoms with Gasteiger partial charge in [-0.1, -0.05) is 20.8 Å². The number of nitrogens with one attached hydrogen (secondary N) is 1. The van der Waals surface area contributed by atoms with Gasteiger partial charge in [-0.25, -0.2) is 9.18 Å². The SMILES string of the molecule is CCOc1cc2c(c(F)c1OCC)C(=N)N(C(OC(=O)C(F)(F)F)C(=O)c1cc(N3C[C@@H](O)[C@H](OC)C3)c(OC)c(C(C)(C)C)c1)C2. The summed E-state index contributed by atoms with van der Waals surface area (Å²) in [7, 11) is 2.86. The van der Waals surface area contributed by atoms with Gasteiger partial charge in [0.25, 0.3) is 0 Å². The van der Waals surface area contributed by atoms with Crippen molar-refractivity contribution in [1.82, 2.24) is 4.90 Å². The second kappa shape index (κ2) is 13.6. The number of β-amino-alcohol motifs (C(OH)–C–C–N with tert-alkyl or cyclic N) is 1. The van der Waals surface area contributed by atoms with Crippen molar-refractivity contribution < 1.29 is 55.9 Å². The number of hydrogen-bond acceptors (Lipinski definition) is 10. The molecule has 2 aromatic rings. The van der Waals surface area contributed by atoms with Crippen molar-refractivity contribution in [1.29, 1.82) is 5.41 Å². The highest BCUT2D eigenvalue weighted by molar-refractivity contribution is 6.08. The normalized spacial score (nSPS) is 18.7. The first-order chi connectivity index (χ1) is 22.0. The predicted molar refractivity (Wildman–Crippen MR) is 162 cm³/mol. The van der Waals surface area contributed by atoms with Gasteiger partial charge in [-0.3, -0.25) is 10.2 Å². The smallest absolute Gasteiger partial charge is 0.491 e. The molecule has 0 aliphatic carbocycles. The first kappa shape index (κ1) is 35.7. The summed E-state index contributed by atoms with van der Waals surface area (Å²) in [6.07, 6.45) is -9.26. The van der Waals surface area contributed by atoms with E-state index >= 15 is 4.39 Å². The van der Waals surface area contributed by atoms with Crippen LogP contribution in [0.25, 0.3) is 0 Å². The lowest BCUT2D eigenvalue weighted by Crippen LogP contribution is -2.47. The molecule has 2 aliphatic heterocycles. The summed E-state index contributed by atoms with van der Waals surface area (Å²) >= 11 is 0. The van der Waals surface area contributed by atoms with Crippen LogP contribution in [0.15, 0.2) is 18.2 Å². The zero-order chi connectivity index (χ0) is 35.0. The van der Waals surface area contributed by atoms with Crippen LogP contribution in [-0.2, 0) is 26.2 Å². The van der Waals surface area contributed by atoms with E-state index in [1.807, 2.05) is 20.8 Å². The number of rotatable bonds is 11. The molecule has 3 atom stereocenters. The maximum atomic E-state index is 15.8. The lowest BCUT2D eigenvalue weighted by molar-refractivity contribution is -0.207. The van der Waals surface area contributed by atoms with Gasteiger partial charge in [0.1, 0.15) is 17.7 Å². The summed E-state index contributed by atoms with van der Waals surface area (Å²) < 4.78 is 83.2. The molecule has 0 saturated carbocycles. The number of ether oxygens (including phenoxy) is 5. The van der Waals surface area contributed by atoms with Crippen LogP contribution in [0.2, 0.25) is 0 Å². The molecule has 1 saturated heterocycles. The van der Waals surface area contributed by atoms with Crippen molar-refractivity contribution >= 4 is 23.3 Å². The van der Waals surface area contributed by atoms with Crippen molar-refractivity contribution in [2.75, 3.05) is 45.4 Å². The van der Waals surface area contributed by atoms with Crippen molar-refractivity contribution in [3.8, 4) is 17.2 Å². The van der Waals surface area contributed by atoms with E-state index in [0.29, 0.717) is 17.0 Å². The second-order valence-electron chi connectivity index (χ2n) is 12.1. The molecule has 0 bridgehead atoms. The quantitative estimate of drug-likeness (QED) is 0.199. The molecule has 11 nitrogen and oxygen atoms in total. The molecule has 0 amide bonds. The Morgan fingerprint density at radius 2 is 1.70 bits per heavy atom. The number of Topliss-reactive ketones (excluding diaryl/α,β-unsaturated/α-hetero) is 1. The number of amidine groups is 1. The number of esters is 1. The Morgan fingerprint density at radius 1 is 1.04 bits per heavy atom. The first-order valence-electron chi connectivity index (χ1n) is 14.9. The topological polar surface area (TPSA) is 131 Å². The molecule has 2 N–H and O–H groups in total. The number of carbonyl (C=O) groups is 2. The molecule has 2 heterocycles. The average Bonchev–Trinajstić information content (AvgIpc) is 3.54. The average molecular weight is 670 g/mol. The fourth-order valence-corrected chi connectivity index (χ4v) is 5.70. The fourth-order valence-electron chi connectivity index (χ4n) is 5.70. The Kier molecular flexibility index (Phi) is 10.3. The molecule has 47 heavy (non-hydrogen) atoms. The van der Waals surface area contributed by atoms with Gasteiger partial charge in [0, 0.05) is 37.9 Å². The van der Waals surface area contributed by atoms with Crippen LogP contribution < -0.4 is 19.1 Å². The summed E-state index contributed by atoms with van der Waals surface area (Å²) in [4.78, 5) is 29.0. The van der Waals surface area contributed by atoms with E-state index in [0.717, 1.165) is 4.90 Å². The maximum Gasteiger partial charge on any atom is 0.491 e. The summed E-state index contributed by atoms with van der Waals surface area (Å²) in [5.41, 5.74) is -0.223. The molecular weight excluding hydrogens is 630 g/mol. The number of carbonyl (C=O) groups excluding carboxylic acids is 2. The summed E-state index contributed by atoms with van der Waals surface area (Å²) in [5.74, 6) is -5.40. The highest BCUT2D eigenvalue weighted by Gasteiger charge is 2.47. The highest BCUT2D eigenvalue weighted by atomic mass is 19.4. The number of benzene rings is 2. The number of fused-ring (bicyclic) bond motifs is 1. The number of ketones is 1. The Labute approximate surface area is 269 Å². The van der Waals surface area contributed by atoms with Gasteiger partial charge >= 0.3 is 12.1 Å². The standard InChI is InChI=1S/C32H39F4N3O8/c1-8-45-21-12-17-13-39(28(37)23(17)24(33)27(21)46-9-2)29(47-30(42)32(34,35)36)25(41)16-10-18(31(3,4)5)26(44-7)19(11-16)38-14-20(40)22(15-38)43-6/h10-12,20,22,29,37,40H,8-9,13-15H2,1-7H3/t20-,22-,29?/m1/s1. The molecule has 0 radical (unpaired) electrons. The van der Waals surface area contributed by atoms with Crippen LogP contribution in [-0.4, -0.2) is 92.7 Å². The number of anilines is 1. The van der Waals surface area contributed by atoms with Gasteiger partial charge in [0.2, 0.25) is 12.0 Å². The van der Waals surface area contributed by atoms with Crippen molar-refractivity contribution in [2.24, 2.45) is 0 Å². The predicted octanol–water partition coefficient (Wildman–Crippen LogP) is 4.58. The van der Waals surface area contributed by atoms with Gasteiger partial charge in [0.05, 0.1) is 37.7 Å². The van der Waals surface area contributed by atoms with Crippen molar-refractivity contribution in [2.45, 2.75) is 71.2 Å². The fraction of sp³-hybridized carbons (Fsp3) is 0.531. The Hall–Kier alpha value is -4.11. The third-order valence-corrected chi connectivity index (χ3v) is 7.93. The molecule has 0 aromatic heterocycles. The molecule has 2 aliphatic rings. The van der Waals surface area contributed by atoms with E-state index in [4.69, 9.17) is 29.1 Å². The minimum Gasteiger partial charge on any atom is -0.494 e. The van der Waals surface area contributed by atoms with Gasteiger partial charge in [0.15, 0.2) is 17.3 Å². The zero-order valence-electron chi connectivity index (χ0n) is 27.2. The van der Waals surface area contributed by atoms with E-state index in [2.05, 4.69) is 0 Å². The monoisotopic (exact) mass is 669 g/mol. The minimum absolute atomic E-state index is 0.00666. The maximum absolute atomic E-state index is 15.8. The molecule has 1 fully saturated rings. The third kappa shape index (κ3) is 6.96. The summed E-state index contributed by atoms with van der Waals surface area (Å²) in [6.45, 7) is 8.81. The number of aliphatic hydroxyl groups is 1. The van der Waals surface area contributed by atoms with Crippen LogP contribution in [0, 0.1) is 11.2 Å². The Bertz CT molecular complexity index is 1540. The van der Waals surface area contributed by atoms with Crippen LogP contribution in [0.5, 0.6) is 17.2 Å². The molecule has 2 aromatic carbocycles. The Balaban J connectivity index is 1.87. The number of nitrogens with zero attached hydrogens (tertiary/aromatic N) is 2. The lowest BCUT2D eigenvalue weighted by atomic mass is 9.84. The van der Waals surface area contributed by atoms with Crippen LogP contribution >= 0.6 is 0 Å². The molecule has 1 unspecified atom stereocenters. The van der Waals surface area contributed by atoms with Crippen LogP contribution in [0.1, 0.15) is 61.7 Å². The molecule has 15 heteroatoms. The third-order valence-electron chi connectivity index (χ3n) is 7.93. The Morgan fingerprint density at radius 3 is 2.23 bits per heavy atom. The second-order valence-corrected chi connectivity index (χ2v) is 12.1. The molecule has 258 valence electrons. The minimum atomic E-state index is -5.48. The van der Waals surface area contributed by atoms with Gasteiger partial charge in [-0.15, -0.1) is 0 Å². The molecule has 4 rings (SSSR count). The zero-order valence-corrected chi connectivity index (χ0v) is 27.2. The van der Waals surface area contributed by atoms with Gasteiger partial charge < -0.3 is 38.6 Å². The van der Waals surface area contributed by atoms with Crippen LogP contribution in [0.3, 0.4) is 0 Å². The number of hydrogen-bond donors (Lipinski definition) is 2. The largest absolute Gasteiger partial charge is 0.494 e. The lowest BCUT2D eigenvalue weighted by Gasteiger charge is -2.31. The molecular formula is C32H39F4N3O8. The number of halogens is 4. The first-order valence-corrected chi connectivity index (χ1v) is 14.9. The van der Waals surface area contributed by atoms with E-state index in [1.54, 1.807) is 18.7 Å². The highest BCUT2D eigenvalue weighted by Crippen LogP contribution is 2.43. The van der Waals surface area contributed by atoms with Crippen molar-refractivity contribution in [3.63, 3.8) is 0 Å².